The van der Waals surface area contributed by atoms with E-state index in [-0.39, 0.29) is 17.9 Å². The van der Waals surface area contributed by atoms with Crippen molar-refractivity contribution in [2.45, 2.75) is 38.6 Å². The van der Waals surface area contributed by atoms with Crippen molar-refractivity contribution in [1.29, 1.82) is 0 Å². The summed E-state index contributed by atoms with van der Waals surface area (Å²) in [7, 11) is 0. The Morgan fingerprint density at radius 1 is 1.43 bits per heavy atom. The zero-order valence-corrected chi connectivity index (χ0v) is 12.8. The van der Waals surface area contributed by atoms with Crippen molar-refractivity contribution in [2.75, 3.05) is 6.54 Å². The molecule has 1 aliphatic heterocycles. The highest BCUT2D eigenvalue weighted by Gasteiger charge is 2.32. The first-order chi connectivity index (χ1) is 11.0. The number of carboxylic acids is 1. The number of carbonyl (C=O) groups is 2. The van der Waals surface area contributed by atoms with Gasteiger partial charge in [0.1, 0.15) is 6.04 Å². The summed E-state index contributed by atoms with van der Waals surface area (Å²) in [6, 6.07) is 0.868. The summed E-state index contributed by atoms with van der Waals surface area (Å²) >= 11 is 0. The molecule has 1 fully saturated rings. The predicted octanol–water partition coefficient (Wildman–Crippen LogP) is 0.339. The lowest BCUT2D eigenvalue weighted by molar-refractivity contribution is -0.151. The molecule has 1 aliphatic rings. The number of fused-ring (bicyclic) bond motifs is 1. The van der Waals surface area contributed by atoms with E-state index < -0.39 is 12.0 Å². The maximum atomic E-state index is 12.5. The van der Waals surface area contributed by atoms with Gasteiger partial charge >= 0.3 is 5.97 Å². The molecule has 8 nitrogen and oxygen atoms in total. The molecule has 0 radical (unpaired) electrons. The van der Waals surface area contributed by atoms with E-state index in [1.807, 2.05) is 0 Å². The molecule has 2 N–H and O–H groups in total. The summed E-state index contributed by atoms with van der Waals surface area (Å²) in [5.41, 5.74) is 0.955. The third-order valence-corrected chi connectivity index (χ3v) is 4.28. The van der Waals surface area contributed by atoms with Crippen LogP contribution in [-0.2, 0) is 16.0 Å². The van der Waals surface area contributed by atoms with Crippen LogP contribution in [0.2, 0.25) is 0 Å². The number of aromatic nitrogens is 3. The van der Waals surface area contributed by atoms with Crippen LogP contribution in [0.3, 0.4) is 0 Å². The second kappa shape index (κ2) is 5.86. The maximum Gasteiger partial charge on any atom is 0.326 e. The third-order valence-electron chi connectivity index (χ3n) is 4.28. The lowest BCUT2D eigenvalue weighted by atomic mass is 10.0. The fourth-order valence-corrected chi connectivity index (χ4v) is 3.05. The molecule has 3 rings (SSSR count). The first kappa shape index (κ1) is 15.3. The molecule has 0 aliphatic carbocycles. The van der Waals surface area contributed by atoms with Crippen LogP contribution in [0.1, 0.15) is 30.5 Å². The van der Waals surface area contributed by atoms with E-state index in [0.29, 0.717) is 29.9 Å². The van der Waals surface area contributed by atoms with Crippen LogP contribution in [0.25, 0.3) is 5.65 Å². The number of carboxylic acid groups (broad SMARTS) is 1. The van der Waals surface area contributed by atoms with E-state index >= 15 is 0 Å². The van der Waals surface area contributed by atoms with Gasteiger partial charge in [0.25, 0.3) is 5.56 Å². The smallest absolute Gasteiger partial charge is 0.326 e. The van der Waals surface area contributed by atoms with Crippen molar-refractivity contribution in [3.8, 4) is 0 Å². The second-order valence-corrected chi connectivity index (χ2v) is 5.75. The number of hydrogen-bond donors (Lipinski definition) is 2. The Morgan fingerprint density at radius 3 is 2.96 bits per heavy atom. The number of aliphatic carboxylic acids is 1. The van der Waals surface area contributed by atoms with Crippen molar-refractivity contribution in [3.63, 3.8) is 0 Å². The van der Waals surface area contributed by atoms with Gasteiger partial charge in [-0.15, -0.1) is 0 Å². The van der Waals surface area contributed by atoms with Crippen molar-refractivity contribution in [3.05, 3.63) is 33.9 Å². The van der Waals surface area contributed by atoms with Gasteiger partial charge in [0.2, 0.25) is 5.91 Å². The number of likely N-dealkylation sites (tertiary alicyclic amines) is 1. The SMILES string of the molecule is Cc1nc2cc[nH]n2c(=O)c1CC(=O)N1CCCC[C@@H]1C(=O)O. The zero-order chi connectivity index (χ0) is 16.6. The summed E-state index contributed by atoms with van der Waals surface area (Å²) in [5.74, 6) is -1.34. The molecule has 0 saturated carbocycles. The van der Waals surface area contributed by atoms with Gasteiger partial charge in [-0.3, -0.25) is 14.7 Å². The van der Waals surface area contributed by atoms with Crippen LogP contribution in [0, 0.1) is 6.92 Å². The average Bonchev–Trinajstić information content (AvgIpc) is 2.99. The van der Waals surface area contributed by atoms with Gasteiger partial charge in [-0.1, -0.05) is 0 Å². The maximum absolute atomic E-state index is 12.5. The minimum atomic E-state index is -0.996. The van der Waals surface area contributed by atoms with E-state index in [4.69, 9.17) is 0 Å². The Labute approximate surface area is 131 Å². The van der Waals surface area contributed by atoms with Gasteiger partial charge in [0.15, 0.2) is 5.65 Å². The number of nitrogens with one attached hydrogen (secondary N) is 1. The number of amides is 1. The summed E-state index contributed by atoms with van der Waals surface area (Å²) < 4.78 is 1.28. The van der Waals surface area contributed by atoms with Gasteiger partial charge in [0.05, 0.1) is 6.42 Å². The highest BCUT2D eigenvalue weighted by molar-refractivity contribution is 5.85. The number of aromatic amines is 1. The van der Waals surface area contributed by atoms with Crippen molar-refractivity contribution >= 4 is 17.5 Å². The number of carbonyl (C=O) groups excluding carboxylic acids is 1. The topological polar surface area (TPSA) is 108 Å². The monoisotopic (exact) mass is 318 g/mol. The molecule has 122 valence electrons. The first-order valence-electron chi connectivity index (χ1n) is 7.57. The van der Waals surface area contributed by atoms with Crippen LogP contribution in [0.4, 0.5) is 0 Å². The Balaban J connectivity index is 1.90. The van der Waals surface area contributed by atoms with Gasteiger partial charge < -0.3 is 10.0 Å². The van der Waals surface area contributed by atoms with Gasteiger partial charge in [0, 0.05) is 30.1 Å². The number of hydrogen-bond acceptors (Lipinski definition) is 4. The molecule has 0 spiro atoms. The molecule has 3 heterocycles. The molecule has 1 saturated heterocycles. The Hall–Kier alpha value is -2.64. The zero-order valence-electron chi connectivity index (χ0n) is 12.8. The number of aryl methyl sites for hydroxylation is 1. The number of rotatable bonds is 3. The summed E-state index contributed by atoms with van der Waals surface area (Å²) in [5, 5.41) is 12.0. The van der Waals surface area contributed by atoms with Crippen LogP contribution in [0.15, 0.2) is 17.1 Å². The van der Waals surface area contributed by atoms with E-state index in [9.17, 15) is 19.5 Å². The Kier molecular flexibility index (Phi) is 3.89. The van der Waals surface area contributed by atoms with Crippen molar-refractivity contribution < 1.29 is 14.7 Å². The van der Waals surface area contributed by atoms with Crippen LogP contribution >= 0.6 is 0 Å². The lowest BCUT2D eigenvalue weighted by Crippen LogP contribution is -2.49. The molecule has 8 heteroatoms. The van der Waals surface area contributed by atoms with Gasteiger partial charge in [-0.25, -0.2) is 14.3 Å². The minimum absolute atomic E-state index is 0.136. The van der Waals surface area contributed by atoms with Gasteiger partial charge in [-0.05, 0) is 26.2 Å². The lowest BCUT2D eigenvalue weighted by Gasteiger charge is -2.33. The summed E-state index contributed by atoms with van der Waals surface area (Å²) in [6.07, 6.45) is 3.48. The highest BCUT2D eigenvalue weighted by Crippen LogP contribution is 2.18. The Morgan fingerprint density at radius 2 is 2.22 bits per heavy atom. The molecule has 23 heavy (non-hydrogen) atoms. The van der Waals surface area contributed by atoms with Crippen molar-refractivity contribution in [2.24, 2.45) is 0 Å². The van der Waals surface area contributed by atoms with E-state index in [1.165, 1.54) is 9.42 Å². The summed E-state index contributed by atoms with van der Waals surface area (Å²) in [6.45, 7) is 2.09. The largest absolute Gasteiger partial charge is 0.480 e. The molecule has 2 aromatic rings. The van der Waals surface area contributed by atoms with Crippen molar-refractivity contribution in [1.82, 2.24) is 19.5 Å². The van der Waals surface area contributed by atoms with Gasteiger partial charge in [-0.2, -0.15) is 0 Å². The summed E-state index contributed by atoms with van der Waals surface area (Å²) in [4.78, 5) is 42.0. The van der Waals surface area contributed by atoms with Crippen LogP contribution in [-0.4, -0.2) is 49.1 Å². The fraction of sp³-hybridized carbons (Fsp3) is 0.467. The number of piperidine rings is 1. The molecule has 1 amide bonds. The molecule has 1 atom stereocenters. The molecular weight excluding hydrogens is 300 g/mol. The Bertz CT molecular complexity index is 822. The van der Waals surface area contributed by atoms with E-state index in [1.54, 1.807) is 19.2 Å². The standard InChI is InChI=1S/C15H18N4O4/c1-9-10(14(21)19-12(17-9)5-6-16-19)8-13(20)18-7-3-2-4-11(18)15(22)23/h5-6,11,16H,2-4,7-8H2,1H3,(H,22,23)/t11-/m1/s1. The van der Waals surface area contributed by atoms with E-state index in [2.05, 4.69) is 10.1 Å². The molecule has 2 aromatic heterocycles. The molecule has 0 aromatic carbocycles. The number of H-pyrrole nitrogens is 1. The third kappa shape index (κ3) is 2.71. The second-order valence-electron chi connectivity index (χ2n) is 5.75. The quantitative estimate of drug-likeness (QED) is 0.848. The van der Waals surface area contributed by atoms with Crippen LogP contribution < -0.4 is 5.56 Å². The normalized spacial score (nSPS) is 18.3. The highest BCUT2D eigenvalue weighted by atomic mass is 16.4. The van der Waals surface area contributed by atoms with Crippen LogP contribution in [0.5, 0.6) is 0 Å². The fourth-order valence-electron chi connectivity index (χ4n) is 3.05. The number of nitrogens with zero attached hydrogens (tertiary/aromatic N) is 3. The predicted molar refractivity (Wildman–Crippen MR) is 81.2 cm³/mol. The molecule has 0 unspecified atom stereocenters. The first-order valence-corrected chi connectivity index (χ1v) is 7.57. The van der Waals surface area contributed by atoms with E-state index in [0.717, 1.165) is 12.8 Å². The minimum Gasteiger partial charge on any atom is -0.480 e. The average molecular weight is 318 g/mol. The molecular formula is C15H18N4O4. The molecule has 0 bridgehead atoms.